The lowest BCUT2D eigenvalue weighted by Gasteiger charge is -2.25. The van der Waals surface area contributed by atoms with E-state index in [0.717, 1.165) is 12.8 Å². The molecule has 0 amide bonds. The Bertz CT molecular complexity index is 797. The van der Waals surface area contributed by atoms with Gasteiger partial charge in [-0.1, -0.05) is 64.7 Å². The van der Waals surface area contributed by atoms with Crippen LogP contribution < -0.4 is 0 Å². The molecule has 14 heteroatoms. The predicted octanol–water partition coefficient (Wildman–Crippen LogP) is 6.60. The molecular weight excluding hydrogens is 538 g/mol. The number of alkyl halides is 6. The first-order valence-electron chi connectivity index (χ1n) is 12.4. The van der Waals surface area contributed by atoms with Crippen molar-refractivity contribution in [2.45, 2.75) is 133 Å². The first-order valence-corrected chi connectivity index (χ1v) is 15.5. The van der Waals surface area contributed by atoms with Crippen molar-refractivity contribution in [3.63, 3.8) is 0 Å². The molecule has 0 aromatic heterocycles. The van der Waals surface area contributed by atoms with Crippen LogP contribution in [0.4, 0.5) is 26.3 Å². The maximum Gasteiger partial charge on any atom is 0.273 e. The normalized spacial score (nSPS) is 17.5. The average Bonchev–Trinajstić information content (AvgIpc) is 2.70. The van der Waals surface area contributed by atoms with Gasteiger partial charge >= 0.3 is 0 Å². The Balaban J connectivity index is 4.37. The maximum atomic E-state index is 14.5. The summed E-state index contributed by atoms with van der Waals surface area (Å²) in [6, 6.07) is 0. The molecule has 0 heterocycles. The molecule has 0 rings (SSSR count). The largest absolute Gasteiger partial charge is 0.285 e. The summed E-state index contributed by atoms with van der Waals surface area (Å²) in [6.45, 7) is 1.91. The van der Waals surface area contributed by atoms with E-state index in [0.29, 0.717) is 32.1 Å². The van der Waals surface area contributed by atoms with Crippen LogP contribution in [0.5, 0.6) is 0 Å². The van der Waals surface area contributed by atoms with E-state index in [1.54, 1.807) is 0 Å². The van der Waals surface area contributed by atoms with Crippen LogP contribution in [0, 0.1) is 0 Å². The predicted molar refractivity (Wildman–Crippen MR) is 127 cm³/mol. The van der Waals surface area contributed by atoms with Gasteiger partial charge in [0.25, 0.3) is 26.2 Å². The maximum absolute atomic E-state index is 14.5. The molecular formula is C22H40F6O6S2. The third-order valence-corrected chi connectivity index (χ3v) is 7.91. The van der Waals surface area contributed by atoms with Crippen molar-refractivity contribution in [3.05, 3.63) is 0 Å². The average molecular weight is 579 g/mol. The fourth-order valence-corrected chi connectivity index (χ4v) is 5.63. The van der Waals surface area contributed by atoms with Crippen LogP contribution in [0.15, 0.2) is 0 Å². The van der Waals surface area contributed by atoms with Gasteiger partial charge in [-0.2, -0.15) is 16.8 Å². The van der Waals surface area contributed by atoms with Gasteiger partial charge in [-0.3, -0.25) is 9.11 Å². The zero-order chi connectivity index (χ0) is 28.0. The highest BCUT2D eigenvalue weighted by Crippen LogP contribution is 2.28. The van der Waals surface area contributed by atoms with Crippen molar-refractivity contribution >= 4 is 20.2 Å². The van der Waals surface area contributed by atoms with Crippen LogP contribution >= 0.6 is 0 Å². The monoisotopic (exact) mass is 578 g/mol. The first-order chi connectivity index (χ1) is 16.5. The molecule has 2 N–H and O–H groups in total. The number of unbranched alkanes of at least 4 members (excludes halogenated alkanes) is 8. The fourth-order valence-electron chi connectivity index (χ4n) is 3.97. The molecule has 5 atom stereocenters. The van der Waals surface area contributed by atoms with Gasteiger partial charge in [-0.05, 0) is 19.3 Å². The minimum Gasteiger partial charge on any atom is -0.285 e. The highest BCUT2D eigenvalue weighted by Gasteiger charge is 2.44. The van der Waals surface area contributed by atoms with Crippen LogP contribution in [0.25, 0.3) is 0 Å². The molecule has 0 bridgehead atoms. The second-order valence-corrected chi connectivity index (χ2v) is 12.4. The number of hydrogen-bond donors (Lipinski definition) is 2. The minimum absolute atomic E-state index is 0.0212. The first kappa shape index (κ1) is 35.4. The lowest BCUT2D eigenvalue weighted by atomic mass is 9.98. The zero-order valence-electron chi connectivity index (χ0n) is 20.6. The van der Waals surface area contributed by atoms with Crippen LogP contribution in [-0.4, -0.2) is 67.6 Å². The molecule has 0 aliphatic rings. The Morgan fingerprint density at radius 2 is 1.22 bits per heavy atom. The van der Waals surface area contributed by atoms with E-state index in [4.69, 9.17) is 4.55 Å². The van der Waals surface area contributed by atoms with Gasteiger partial charge in [0.05, 0.1) is 0 Å². The summed E-state index contributed by atoms with van der Waals surface area (Å²) < 4.78 is 146. The molecule has 0 aliphatic heterocycles. The summed E-state index contributed by atoms with van der Waals surface area (Å²) in [5, 5.41) is -2.71. The van der Waals surface area contributed by atoms with E-state index < -0.39 is 74.7 Å². The molecule has 0 aromatic carbocycles. The van der Waals surface area contributed by atoms with E-state index >= 15 is 0 Å². The highest BCUT2D eigenvalue weighted by molar-refractivity contribution is 7.86. The second kappa shape index (κ2) is 17.1. The van der Waals surface area contributed by atoms with Gasteiger partial charge < -0.3 is 0 Å². The molecule has 6 nitrogen and oxygen atoms in total. The van der Waals surface area contributed by atoms with Gasteiger partial charge in [-0.15, -0.1) is 0 Å². The third-order valence-electron chi connectivity index (χ3n) is 5.88. The molecule has 218 valence electrons. The van der Waals surface area contributed by atoms with Crippen LogP contribution in [0.2, 0.25) is 0 Å². The van der Waals surface area contributed by atoms with Crippen LogP contribution in [0.1, 0.15) is 96.8 Å². The lowest BCUT2D eigenvalue weighted by molar-refractivity contribution is 0.0126. The highest BCUT2D eigenvalue weighted by atomic mass is 32.2. The summed E-state index contributed by atoms with van der Waals surface area (Å²) in [4.78, 5) is 0. The summed E-state index contributed by atoms with van der Waals surface area (Å²) in [6.07, 6.45) is -7.29. The second-order valence-electron chi connectivity index (χ2n) is 9.38. The molecule has 0 saturated carbocycles. The number of hydrogen-bond acceptors (Lipinski definition) is 4. The van der Waals surface area contributed by atoms with Crippen molar-refractivity contribution in [1.82, 2.24) is 0 Å². The molecule has 0 aromatic rings. The molecule has 0 saturated heterocycles. The lowest BCUT2D eigenvalue weighted by Crippen LogP contribution is -2.44. The Morgan fingerprint density at radius 1 is 0.722 bits per heavy atom. The minimum atomic E-state index is -5.31. The topological polar surface area (TPSA) is 109 Å². The zero-order valence-corrected chi connectivity index (χ0v) is 22.2. The van der Waals surface area contributed by atoms with Crippen LogP contribution in [0.3, 0.4) is 0 Å². The Kier molecular flexibility index (Phi) is 16.8. The van der Waals surface area contributed by atoms with Gasteiger partial charge in [0, 0.05) is 12.8 Å². The molecule has 0 spiro atoms. The van der Waals surface area contributed by atoms with Crippen molar-refractivity contribution in [1.29, 1.82) is 0 Å². The molecule has 0 aliphatic carbocycles. The summed E-state index contributed by atoms with van der Waals surface area (Å²) in [5.41, 5.74) is 0. The van der Waals surface area contributed by atoms with Crippen molar-refractivity contribution < 1.29 is 52.3 Å². The number of rotatable bonds is 22. The van der Waals surface area contributed by atoms with Crippen LogP contribution in [-0.2, 0) is 20.2 Å². The van der Waals surface area contributed by atoms with Gasteiger partial charge in [0.1, 0.15) is 24.3 Å². The molecule has 36 heavy (non-hydrogen) atoms. The Labute approximate surface area is 211 Å². The summed E-state index contributed by atoms with van der Waals surface area (Å²) >= 11 is 0. The van der Waals surface area contributed by atoms with Crippen molar-refractivity contribution in [2.24, 2.45) is 0 Å². The quantitative estimate of drug-likeness (QED) is 0.0851. The summed E-state index contributed by atoms with van der Waals surface area (Å²) in [7, 11) is -10.1. The standard InChI is InChI=1S/C22H40F6O6S2/c1-2-3-4-10-13-18(24)20(26)21(36(32,33)34)19(25)15-17(23)12-9-7-5-6-8-11-14-22(27,28)16-35(29,30)31/h17-21H,2-16H2,1H3,(H,29,30,31)(H,32,33,34)/t17-,18+,19+,20-,21-/m0/s1. The molecule has 0 fully saturated rings. The summed E-state index contributed by atoms with van der Waals surface area (Å²) in [5.74, 6) is -5.17. The SMILES string of the molecule is CCCCCC[C@@H](F)[C@H](F)[C@H]([C@H](F)C[C@@H](F)CCCCCCCCC(F)(F)CS(=O)(=O)O)S(=O)(=O)O. The van der Waals surface area contributed by atoms with E-state index in [9.17, 15) is 47.7 Å². The number of halogens is 6. The Morgan fingerprint density at radius 3 is 1.75 bits per heavy atom. The van der Waals surface area contributed by atoms with Gasteiger partial charge in [0.2, 0.25) is 0 Å². The van der Waals surface area contributed by atoms with E-state index in [-0.39, 0.29) is 32.1 Å². The van der Waals surface area contributed by atoms with E-state index in [2.05, 4.69) is 0 Å². The Hall–Kier alpha value is -0.600. The van der Waals surface area contributed by atoms with E-state index in [1.807, 2.05) is 6.92 Å². The van der Waals surface area contributed by atoms with Gasteiger partial charge in [-0.25, -0.2) is 26.3 Å². The smallest absolute Gasteiger partial charge is 0.273 e. The van der Waals surface area contributed by atoms with Crippen molar-refractivity contribution in [2.75, 3.05) is 5.75 Å². The van der Waals surface area contributed by atoms with Gasteiger partial charge in [0.15, 0.2) is 11.4 Å². The third kappa shape index (κ3) is 17.0. The van der Waals surface area contributed by atoms with E-state index in [1.165, 1.54) is 0 Å². The molecule has 0 radical (unpaired) electrons. The van der Waals surface area contributed by atoms with Crippen molar-refractivity contribution in [3.8, 4) is 0 Å². The molecule has 0 unspecified atom stereocenters. The fraction of sp³-hybridized carbons (Fsp3) is 1.00.